The van der Waals surface area contributed by atoms with Crippen molar-refractivity contribution in [2.45, 2.75) is 6.42 Å². The van der Waals surface area contributed by atoms with Gasteiger partial charge in [-0.05, 0) is 24.1 Å². The summed E-state index contributed by atoms with van der Waals surface area (Å²) in [7, 11) is 0. The first-order chi connectivity index (χ1) is 10.3. The molecule has 108 valence electrons. The molecule has 0 fully saturated rings. The summed E-state index contributed by atoms with van der Waals surface area (Å²) in [6.07, 6.45) is 0.777. The third-order valence-electron chi connectivity index (χ3n) is 3.02. The van der Waals surface area contributed by atoms with Crippen molar-refractivity contribution in [2.24, 2.45) is 0 Å². The van der Waals surface area contributed by atoms with Gasteiger partial charge in [0, 0.05) is 12.1 Å². The second kappa shape index (κ2) is 7.85. The molecule has 0 aliphatic heterocycles. The number of benzene rings is 2. The molecular formula is C17H18N2O2. The number of nitrogens with one attached hydrogen (secondary N) is 2. The maximum atomic E-state index is 11.8. The number of carbonyl (C=O) groups excluding carboxylic acids is 2. The Morgan fingerprint density at radius 3 is 2.10 bits per heavy atom. The molecule has 0 aliphatic rings. The smallest absolute Gasteiger partial charge is 0.251 e. The number of rotatable bonds is 6. The van der Waals surface area contributed by atoms with Crippen molar-refractivity contribution >= 4 is 11.8 Å². The van der Waals surface area contributed by atoms with Crippen LogP contribution in [0, 0.1) is 0 Å². The van der Waals surface area contributed by atoms with Gasteiger partial charge in [-0.3, -0.25) is 9.59 Å². The van der Waals surface area contributed by atoms with Crippen LogP contribution < -0.4 is 10.6 Å². The van der Waals surface area contributed by atoms with E-state index in [-0.39, 0.29) is 18.4 Å². The lowest BCUT2D eigenvalue weighted by molar-refractivity contribution is -0.120. The standard InChI is InChI=1S/C17H18N2O2/c20-16(18-12-11-14-7-3-1-4-8-14)13-19-17(21)15-9-5-2-6-10-15/h1-10H,11-13H2,(H,18,20)(H,19,21). The SMILES string of the molecule is O=C(CNC(=O)c1ccccc1)NCCc1ccccc1. The summed E-state index contributed by atoms with van der Waals surface area (Å²) in [5, 5.41) is 5.38. The van der Waals surface area contributed by atoms with Crippen LogP contribution in [0.25, 0.3) is 0 Å². The second-order valence-corrected chi connectivity index (χ2v) is 4.63. The molecule has 0 aromatic heterocycles. The van der Waals surface area contributed by atoms with Gasteiger partial charge in [0.2, 0.25) is 5.91 Å². The molecule has 0 saturated heterocycles. The first-order valence-corrected chi connectivity index (χ1v) is 6.89. The van der Waals surface area contributed by atoms with Crippen molar-refractivity contribution in [1.29, 1.82) is 0 Å². The van der Waals surface area contributed by atoms with Crippen molar-refractivity contribution in [2.75, 3.05) is 13.1 Å². The molecule has 2 aromatic rings. The predicted molar refractivity (Wildman–Crippen MR) is 81.9 cm³/mol. The molecule has 0 spiro atoms. The maximum absolute atomic E-state index is 11.8. The lowest BCUT2D eigenvalue weighted by Crippen LogP contribution is -2.37. The molecule has 0 bridgehead atoms. The second-order valence-electron chi connectivity index (χ2n) is 4.63. The first kappa shape index (κ1) is 14.8. The van der Waals surface area contributed by atoms with Crippen molar-refractivity contribution in [3.05, 3.63) is 71.8 Å². The molecule has 0 aliphatic carbocycles. The fourth-order valence-corrected chi connectivity index (χ4v) is 1.91. The zero-order valence-electron chi connectivity index (χ0n) is 11.7. The van der Waals surface area contributed by atoms with Crippen LogP contribution in [0.5, 0.6) is 0 Å². The molecular weight excluding hydrogens is 264 g/mol. The van der Waals surface area contributed by atoms with E-state index in [1.54, 1.807) is 24.3 Å². The molecule has 2 rings (SSSR count). The Hall–Kier alpha value is -2.62. The molecule has 4 heteroatoms. The van der Waals surface area contributed by atoms with Gasteiger partial charge in [-0.2, -0.15) is 0 Å². The highest BCUT2D eigenvalue weighted by Crippen LogP contribution is 1.98. The highest BCUT2D eigenvalue weighted by atomic mass is 16.2. The Labute approximate surface area is 124 Å². The Kier molecular flexibility index (Phi) is 5.52. The van der Waals surface area contributed by atoms with E-state index in [0.29, 0.717) is 12.1 Å². The number of hydrogen-bond acceptors (Lipinski definition) is 2. The van der Waals surface area contributed by atoms with Crippen LogP contribution in [-0.4, -0.2) is 24.9 Å². The minimum absolute atomic E-state index is 0.0114. The summed E-state index contributed by atoms with van der Waals surface area (Å²) in [6, 6.07) is 18.8. The molecule has 0 heterocycles. The van der Waals surface area contributed by atoms with E-state index >= 15 is 0 Å². The molecule has 0 unspecified atom stereocenters. The van der Waals surface area contributed by atoms with E-state index in [9.17, 15) is 9.59 Å². The van der Waals surface area contributed by atoms with Gasteiger partial charge >= 0.3 is 0 Å². The maximum Gasteiger partial charge on any atom is 0.251 e. The molecule has 21 heavy (non-hydrogen) atoms. The zero-order chi connectivity index (χ0) is 14.9. The van der Waals surface area contributed by atoms with E-state index in [4.69, 9.17) is 0 Å². The molecule has 0 saturated carbocycles. The molecule has 0 atom stereocenters. The lowest BCUT2D eigenvalue weighted by Gasteiger charge is -2.07. The summed E-state index contributed by atoms with van der Waals surface area (Å²) in [5.41, 5.74) is 1.72. The van der Waals surface area contributed by atoms with Crippen molar-refractivity contribution < 1.29 is 9.59 Å². The van der Waals surface area contributed by atoms with Crippen molar-refractivity contribution in [3.8, 4) is 0 Å². The monoisotopic (exact) mass is 282 g/mol. The van der Waals surface area contributed by atoms with Gasteiger partial charge < -0.3 is 10.6 Å². The summed E-state index contributed by atoms with van der Waals surface area (Å²) < 4.78 is 0. The highest BCUT2D eigenvalue weighted by molar-refractivity contribution is 5.96. The summed E-state index contributed by atoms with van der Waals surface area (Å²) in [5.74, 6) is -0.427. The fourth-order valence-electron chi connectivity index (χ4n) is 1.91. The van der Waals surface area contributed by atoms with Gasteiger partial charge in [0.15, 0.2) is 0 Å². The molecule has 4 nitrogen and oxygen atoms in total. The quantitative estimate of drug-likeness (QED) is 0.848. The summed E-state index contributed by atoms with van der Waals surface area (Å²) >= 11 is 0. The Morgan fingerprint density at radius 1 is 0.810 bits per heavy atom. The minimum atomic E-state index is -0.242. The van der Waals surface area contributed by atoms with Gasteiger partial charge in [-0.1, -0.05) is 48.5 Å². The van der Waals surface area contributed by atoms with E-state index in [1.807, 2.05) is 36.4 Å². The predicted octanol–water partition coefficient (Wildman–Crippen LogP) is 1.78. The van der Waals surface area contributed by atoms with Crippen molar-refractivity contribution in [1.82, 2.24) is 10.6 Å². The van der Waals surface area contributed by atoms with Crippen LogP contribution in [-0.2, 0) is 11.2 Å². The van der Waals surface area contributed by atoms with Crippen LogP contribution in [0.2, 0.25) is 0 Å². The third-order valence-corrected chi connectivity index (χ3v) is 3.02. The van der Waals surface area contributed by atoms with Crippen LogP contribution in [0.1, 0.15) is 15.9 Å². The zero-order valence-corrected chi connectivity index (χ0v) is 11.7. The fraction of sp³-hybridized carbons (Fsp3) is 0.176. The number of amides is 2. The topological polar surface area (TPSA) is 58.2 Å². The largest absolute Gasteiger partial charge is 0.354 e. The van der Waals surface area contributed by atoms with Crippen LogP contribution >= 0.6 is 0 Å². The van der Waals surface area contributed by atoms with Crippen molar-refractivity contribution in [3.63, 3.8) is 0 Å². The van der Waals surface area contributed by atoms with Crippen LogP contribution in [0.4, 0.5) is 0 Å². The molecule has 2 aromatic carbocycles. The Balaban J connectivity index is 1.67. The highest BCUT2D eigenvalue weighted by Gasteiger charge is 2.06. The van der Waals surface area contributed by atoms with E-state index in [0.717, 1.165) is 6.42 Å². The average molecular weight is 282 g/mol. The molecule has 0 radical (unpaired) electrons. The minimum Gasteiger partial charge on any atom is -0.354 e. The first-order valence-electron chi connectivity index (χ1n) is 6.89. The molecule has 2 amide bonds. The van der Waals surface area contributed by atoms with Gasteiger partial charge in [-0.25, -0.2) is 0 Å². The van der Waals surface area contributed by atoms with E-state index in [2.05, 4.69) is 10.6 Å². The summed E-state index contributed by atoms with van der Waals surface area (Å²) in [6.45, 7) is 0.548. The van der Waals surface area contributed by atoms with Gasteiger partial charge in [0.1, 0.15) is 0 Å². The third kappa shape index (κ3) is 5.10. The van der Waals surface area contributed by atoms with E-state index < -0.39 is 0 Å². The van der Waals surface area contributed by atoms with Gasteiger partial charge in [-0.15, -0.1) is 0 Å². The van der Waals surface area contributed by atoms with Crippen LogP contribution in [0.3, 0.4) is 0 Å². The summed E-state index contributed by atoms with van der Waals surface area (Å²) in [4.78, 5) is 23.4. The lowest BCUT2D eigenvalue weighted by atomic mass is 10.1. The Bertz CT molecular complexity index is 582. The Morgan fingerprint density at radius 2 is 1.43 bits per heavy atom. The van der Waals surface area contributed by atoms with Gasteiger partial charge in [0.25, 0.3) is 5.91 Å². The van der Waals surface area contributed by atoms with Gasteiger partial charge in [0.05, 0.1) is 6.54 Å². The number of hydrogen-bond donors (Lipinski definition) is 2. The molecule has 2 N–H and O–H groups in total. The van der Waals surface area contributed by atoms with Crippen LogP contribution in [0.15, 0.2) is 60.7 Å². The van der Waals surface area contributed by atoms with E-state index in [1.165, 1.54) is 5.56 Å². The number of carbonyl (C=O) groups is 2. The normalized spacial score (nSPS) is 9.90. The average Bonchev–Trinajstić information content (AvgIpc) is 2.54.